The SMILES string of the molecule is COC(=O)c1ccc(CN2CC[C@H](N(C)C)C2)cc1. The van der Waals surface area contributed by atoms with Gasteiger partial charge in [-0.05, 0) is 38.2 Å². The second-order valence-electron chi connectivity index (χ2n) is 5.33. The first-order chi connectivity index (χ1) is 9.10. The van der Waals surface area contributed by atoms with E-state index in [0.717, 1.165) is 19.6 Å². The molecule has 0 amide bonds. The van der Waals surface area contributed by atoms with Crippen molar-refractivity contribution in [3.63, 3.8) is 0 Å². The largest absolute Gasteiger partial charge is 0.465 e. The van der Waals surface area contributed by atoms with Crippen molar-refractivity contribution in [3.8, 4) is 0 Å². The Bertz CT molecular complexity index is 428. The van der Waals surface area contributed by atoms with Crippen LogP contribution in [-0.2, 0) is 11.3 Å². The van der Waals surface area contributed by atoms with Gasteiger partial charge in [0, 0.05) is 25.7 Å². The normalized spacial score (nSPS) is 19.9. The second kappa shape index (κ2) is 6.17. The molecule has 1 saturated heterocycles. The van der Waals surface area contributed by atoms with E-state index in [9.17, 15) is 4.79 Å². The van der Waals surface area contributed by atoms with Crippen LogP contribution in [0.4, 0.5) is 0 Å². The summed E-state index contributed by atoms with van der Waals surface area (Å²) in [7, 11) is 5.68. The highest BCUT2D eigenvalue weighted by atomic mass is 16.5. The van der Waals surface area contributed by atoms with Gasteiger partial charge in [-0.15, -0.1) is 0 Å². The van der Waals surface area contributed by atoms with E-state index in [1.165, 1.54) is 19.1 Å². The van der Waals surface area contributed by atoms with Crippen LogP contribution < -0.4 is 0 Å². The van der Waals surface area contributed by atoms with Gasteiger partial charge in [-0.3, -0.25) is 4.90 Å². The van der Waals surface area contributed by atoms with Crippen LogP contribution in [-0.4, -0.2) is 56.1 Å². The Kier molecular flexibility index (Phi) is 4.56. The summed E-state index contributed by atoms with van der Waals surface area (Å²) < 4.78 is 4.70. The first-order valence-corrected chi connectivity index (χ1v) is 6.66. The summed E-state index contributed by atoms with van der Waals surface area (Å²) in [6.45, 7) is 3.21. The highest BCUT2D eigenvalue weighted by Crippen LogP contribution is 2.16. The van der Waals surface area contributed by atoms with Crippen LogP contribution in [0.2, 0.25) is 0 Å². The molecule has 1 heterocycles. The summed E-state index contributed by atoms with van der Waals surface area (Å²) in [5.74, 6) is -0.277. The van der Waals surface area contributed by atoms with Gasteiger partial charge in [0.2, 0.25) is 0 Å². The lowest BCUT2D eigenvalue weighted by Crippen LogP contribution is -2.31. The van der Waals surface area contributed by atoms with Crippen molar-refractivity contribution in [3.05, 3.63) is 35.4 Å². The van der Waals surface area contributed by atoms with Gasteiger partial charge >= 0.3 is 5.97 Å². The van der Waals surface area contributed by atoms with Crippen molar-refractivity contribution in [2.75, 3.05) is 34.3 Å². The number of likely N-dealkylation sites (tertiary alicyclic amines) is 1. The molecular formula is C15H22N2O2. The molecule has 1 atom stereocenters. The summed E-state index contributed by atoms with van der Waals surface area (Å²) in [4.78, 5) is 16.1. The topological polar surface area (TPSA) is 32.8 Å². The van der Waals surface area contributed by atoms with Crippen LogP contribution in [0.5, 0.6) is 0 Å². The fourth-order valence-corrected chi connectivity index (χ4v) is 2.50. The van der Waals surface area contributed by atoms with Crippen molar-refractivity contribution in [2.45, 2.75) is 19.0 Å². The zero-order valence-corrected chi connectivity index (χ0v) is 11.9. The molecule has 0 unspecified atom stereocenters. The number of likely N-dealkylation sites (N-methyl/N-ethyl adjacent to an activating group) is 1. The minimum absolute atomic E-state index is 0.277. The van der Waals surface area contributed by atoms with Gasteiger partial charge in [0.15, 0.2) is 0 Å². The van der Waals surface area contributed by atoms with Crippen molar-refractivity contribution < 1.29 is 9.53 Å². The average molecular weight is 262 g/mol. The van der Waals surface area contributed by atoms with E-state index in [1.54, 1.807) is 0 Å². The molecule has 4 heteroatoms. The zero-order valence-electron chi connectivity index (χ0n) is 11.9. The number of carbonyl (C=O) groups is 1. The number of nitrogens with zero attached hydrogens (tertiary/aromatic N) is 2. The third-order valence-corrected chi connectivity index (χ3v) is 3.76. The molecule has 0 spiro atoms. The van der Waals surface area contributed by atoms with Crippen molar-refractivity contribution >= 4 is 5.97 Å². The maximum Gasteiger partial charge on any atom is 0.337 e. The number of ether oxygens (including phenoxy) is 1. The Morgan fingerprint density at radius 3 is 2.58 bits per heavy atom. The lowest BCUT2D eigenvalue weighted by atomic mass is 10.1. The highest BCUT2D eigenvalue weighted by Gasteiger charge is 2.23. The van der Waals surface area contributed by atoms with Crippen LogP contribution in [0.3, 0.4) is 0 Å². The molecule has 2 rings (SSSR count). The van der Waals surface area contributed by atoms with Gasteiger partial charge in [0.25, 0.3) is 0 Å². The molecule has 1 fully saturated rings. The van der Waals surface area contributed by atoms with Crippen LogP contribution in [0.15, 0.2) is 24.3 Å². The maximum atomic E-state index is 11.3. The van der Waals surface area contributed by atoms with E-state index in [2.05, 4.69) is 23.9 Å². The zero-order chi connectivity index (χ0) is 13.8. The Labute approximate surface area is 115 Å². The van der Waals surface area contributed by atoms with Crippen molar-refractivity contribution in [1.82, 2.24) is 9.80 Å². The first-order valence-electron chi connectivity index (χ1n) is 6.66. The van der Waals surface area contributed by atoms with Gasteiger partial charge in [-0.2, -0.15) is 0 Å². The average Bonchev–Trinajstić information content (AvgIpc) is 2.87. The molecular weight excluding hydrogens is 240 g/mol. The van der Waals surface area contributed by atoms with E-state index in [1.807, 2.05) is 24.3 Å². The van der Waals surface area contributed by atoms with E-state index in [0.29, 0.717) is 11.6 Å². The Morgan fingerprint density at radius 2 is 2.05 bits per heavy atom. The molecule has 0 aromatic heterocycles. The monoisotopic (exact) mass is 262 g/mol. The fourth-order valence-electron chi connectivity index (χ4n) is 2.50. The van der Waals surface area contributed by atoms with Crippen molar-refractivity contribution in [1.29, 1.82) is 0 Å². The summed E-state index contributed by atoms with van der Waals surface area (Å²) >= 11 is 0. The molecule has 1 aromatic carbocycles. The van der Waals surface area contributed by atoms with E-state index in [-0.39, 0.29) is 5.97 Å². The Hall–Kier alpha value is -1.39. The third kappa shape index (κ3) is 3.55. The molecule has 1 aliphatic rings. The Balaban J connectivity index is 1.92. The standard InChI is InChI=1S/C15H22N2O2/c1-16(2)14-8-9-17(11-14)10-12-4-6-13(7-5-12)15(18)19-3/h4-7,14H,8-11H2,1-3H3/t14-/m0/s1. The quantitative estimate of drug-likeness (QED) is 0.772. The number of hydrogen-bond donors (Lipinski definition) is 0. The predicted molar refractivity (Wildman–Crippen MR) is 75.2 cm³/mol. The molecule has 0 aliphatic carbocycles. The molecule has 0 bridgehead atoms. The maximum absolute atomic E-state index is 11.3. The van der Waals surface area contributed by atoms with Gasteiger partial charge in [-0.25, -0.2) is 4.79 Å². The molecule has 0 N–H and O–H groups in total. The number of hydrogen-bond acceptors (Lipinski definition) is 4. The number of methoxy groups -OCH3 is 1. The molecule has 4 nitrogen and oxygen atoms in total. The lowest BCUT2D eigenvalue weighted by Gasteiger charge is -2.20. The molecule has 1 aliphatic heterocycles. The summed E-state index contributed by atoms with van der Waals surface area (Å²) in [6, 6.07) is 8.35. The molecule has 104 valence electrons. The Morgan fingerprint density at radius 1 is 1.37 bits per heavy atom. The minimum Gasteiger partial charge on any atom is -0.465 e. The van der Waals surface area contributed by atoms with E-state index < -0.39 is 0 Å². The van der Waals surface area contributed by atoms with Crippen LogP contribution in [0.1, 0.15) is 22.3 Å². The minimum atomic E-state index is -0.277. The van der Waals surface area contributed by atoms with E-state index in [4.69, 9.17) is 4.74 Å². The summed E-state index contributed by atoms with van der Waals surface area (Å²) in [5, 5.41) is 0. The lowest BCUT2D eigenvalue weighted by molar-refractivity contribution is 0.0600. The fraction of sp³-hybridized carbons (Fsp3) is 0.533. The van der Waals surface area contributed by atoms with Crippen LogP contribution in [0, 0.1) is 0 Å². The van der Waals surface area contributed by atoms with Crippen LogP contribution in [0.25, 0.3) is 0 Å². The summed E-state index contributed by atoms with van der Waals surface area (Å²) in [6.07, 6.45) is 1.23. The number of rotatable bonds is 4. The van der Waals surface area contributed by atoms with Gasteiger partial charge in [0.1, 0.15) is 0 Å². The predicted octanol–water partition coefficient (Wildman–Crippen LogP) is 1.61. The number of carbonyl (C=O) groups excluding carboxylic acids is 1. The van der Waals surface area contributed by atoms with Gasteiger partial charge < -0.3 is 9.64 Å². The number of esters is 1. The van der Waals surface area contributed by atoms with Crippen LogP contribution >= 0.6 is 0 Å². The second-order valence-corrected chi connectivity index (χ2v) is 5.33. The third-order valence-electron chi connectivity index (χ3n) is 3.76. The molecule has 1 aromatic rings. The molecule has 19 heavy (non-hydrogen) atoms. The van der Waals surface area contributed by atoms with Gasteiger partial charge in [0.05, 0.1) is 12.7 Å². The summed E-state index contributed by atoms with van der Waals surface area (Å²) in [5.41, 5.74) is 1.85. The van der Waals surface area contributed by atoms with Gasteiger partial charge in [-0.1, -0.05) is 12.1 Å². The number of benzene rings is 1. The smallest absolute Gasteiger partial charge is 0.337 e. The first kappa shape index (κ1) is 14.0. The molecule has 0 radical (unpaired) electrons. The van der Waals surface area contributed by atoms with E-state index >= 15 is 0 Å². The molecule has 0 saturated carbocycles. The van der Waals surface area contributed by atoms with Crippen molar-refractivity contribution in [2.24, 2.45) is 0 Å². The highest BCUT2D eigenvalue weighted by molar-refractivity contribution is 5.89.